The molecule has 3 heterocycles. The van der Waals surface area contributed by atoms with Crippen LogP contribution in [0.2, 0.25) is 0 Å². The van der Waals surface area contributed by atoms with Crippen molar-refractivity contribution >= 4 is 0 Å². The van der Waals surface area contributed by atoms with Crippen LogP contribution in [0.5, 0.6) is 0 Å². The van der Waals surface area contributed by atoms with Crippen molar-refractivity contribution in [3.05, 3.63) is 59.7 Å². The van der Waals surface area contributed by atoms with E-state index in [1.165, 1.54) is 12.1 Å². The number of hydrogen-bond acceptors (Lipinski definition) is 4. The molecule has 0 fully saturated rings. The van der Waals surface area contributed by atoms with Gasteiger partial charge in [-0.05, 0) is 50.1 Å². The first-order valence-electron chi connectivity index (χ1n) is 8.58. The molecule has 0 aliphatic carbocycles. The van der Waals surface area contributed by atoms with Gasteiger partial charge in [-0.2, -0.15) is 5.10 Å². The van der Waals surface area contributed by atoms with Gasteiger partial charge in [-0.3, -0.25) is 0 Å². The molecule has 6 nitrogen and oxygen atoms in total. The third-order valence-electron chi connectivity index (χ3n) is 4.72. The number of halogens is 1. The van der Waals surface area contributed by atoms with E-state index in [9.17, 15) is 4.39 Å². The predicted molar refractivity (Wildman–Crippen MR) is 91.8 cm³/mol. The molecule has 0 radical (unpaired) electrons. The first kappa shape index (κ1) is 16.0. The minimum Gasteiger partial charge on any atom is -0.315 e. The molecule has 7 heteroatoms. The number of benzene rings is 1. The van der Waals surface area contributed by atoms with Crippen molar-refractivity contribution in [3.63, 3.8) is 0 Å². The first-order chi connectivity index (χ1) is 12.2. The summed E-state index contributed by atoms with van der Waals surface area (Å²) in [4.78, 5) is 0. The predicted octanol–water partition coefficient (Wildman–Crippen LogP) is 2.26. The van der Waals surface area contributed by atoms with Gasteiger partial charge in [0, 0.05) is 31.3 Å². The molecule has 1 N–H and O–H groups in total. The van der Waals surface area contributed by atoms with Crippen LogP contribution in [0.15, 0.2) is 36.7 Å². The molecule has 0 bridgehead atoms. The maximum absolute atomic E-state index is 13.0. The van der Waals surface area contributed by atoms with E-state index in [-0.39, 0.29) is 5.82 Å². The molecule has 0 saturated carbocycles. The Morgan fingerprint density at radius 1 is 1.24 bits per heavy atom. The second kappa shape index (κ2) is 6.76. The van der Waals surface area contributed by atoms with Crippen molar-refractivity contribution in [2.75, 3.05) is 6.54 Å². The Hall–Kier alpha value is -2.54. The Bertz CT molecular complexity index is 851. The van der Waals surface area contributed by atoms with Crippen LogP contribution in [0.1, 0.15) is 23.6 Å². The molecule has 2 aromatic heterocycles. The number of rotatable bonds is 5. The van der Waals surface area contributed by atoms with E-state index in [2.05, 4.69) is 25.2 Å². The Morgan fingerprint density at radius 3 is 2.92 bits per heavy atom. The van der Waals surface area contributed by atoms with Gasteiger partial charge in [0.2, 0.25) is 0 Å². The summed E-state index contributed by atoms with van der Waals surface area (Å²) in [6.45, 7) is 4.72. The van der Waals surface area contributed by atoms with Crippen LogP contribution < -0.4 is 5.32 Å². The van der Waals surface area contributed by atoms with Gasteiger partial charge in [-0.1, -0.05) is 0 Å². The molecule has 0 spiro atoms. The number of nitrogens with one attached hydrogen (secondary N) is 1. The summed E-state index contributed by atoms with van der Waals surface area (Å²) in [7, 11) is 0. The lowest BCUT2D eigenvalue weighted by Gasteiger charge is -2.24. The Labute approximate surface area is 145 Å². The van der Waals surface area contributed by atoms with Crippen molar-refractivity contribution in [3.8, 4) is 5.69 Å². The van der Waals surface area contributed by atoms with E-state index in [0.29, 0.717) is 5.92 Å². The van der Waals surface area contributed by atoms with E-state index < -0.39 is 0 Å². The normalized spacial score (nSPS) is 16.8. The van der Waals surface area contributed by atoms with E-state index in [0.717, 1.165) is 55.4 Å². The fourth-order valence-corrected chi connectivity index (χ4v) is 3.30. The molecular weight excluding hydrogens is 319 g/mol. The second-order valence-electron chi connectivity index (χ2n) is 6.58. The van der Waals surface area contributed by atoms with Crippen LogP contribution >= 0.6 is 0 Å². The van der Waals surface area contributed by atoms with Gasteiger partial charge in [-0.25, -0.2) is 9.07 Å². The van der Waals surface area contributed by atoms with Crippen LogP contribution in [0.3, 0.4) is 0 Å². The third-order valence-corrected chi connectivity index (χ3v) is 4.72. The van der Waals surface area contributed by atoms with E-state index in [4.69, 9.17) is 0 Å². The van der Waals surface area contributed by atoms with Gasteiger partial charge in [0.25, 0.3) is 0 Å². The van der Waals surface area contributed by atoms with Gasteiger partial charge >= 0.3 is 0 Å². The summed E-state index contributed by atoms with van der Waals surface area (Å²) in [5, 5.41) is 16.2. The Kier molecular flexibility index (Phi) is 4.31. The number of hydrogen-bond donors (Lipinski definition) is 1. The number of aromatic nitrogens is 5. The summed E-state index contributed by atoms with van der Waals surface area (Å²) in [6.07, 6.45) is 5.96. The van der Waals surface area contributed by atoms with Crippen LogP contribution in [0, 0.1) is 18.7 Å². The van der Waals surface area contributed by atoms with Crippen LogP contribution in [-0.4, -0.2) is 31.1 Å². The molecule has 1 atom stereocenters. The van der Waals surface area contributed by atoms with E-state index >= 15 is 0 Å². The monoisotopic (exact) mass is 340 g/mol. The smallest absolute Gasteiger partial charge is 0.133 e. The zero-order chi connectivity index (χ0) is 17.2. The molecule has 130 valence electrons. The lowest BCUT2D eigenvalue weighted by molar-refractivity contribution is 0.344. The minimum atomic E-state index is -0.239. The van der Waals surface area contributed by atoms with Crippen molar-refractivity contribution in [2.24, 2.45) is 5.92 Å². The van der Waals surface area contributed by atoms with E-state index in [1.54, 1.807) is 16.8 Å². The number of fused-ring (bicyclic) bond motifs is 1. The lowest BCUT2D eigenvalue weighted by Crippen LogP contribution is -2.30. The molecule has 0 saturated heterocycles. The maximum atomic E-state index is 13.0. The molecule has 1 aliphatic rings. The molecule has 0 amide bonds. The molecule has 25 heavy (non-hydrogen) atoms. The highest BCUT2D eigenvalue weighted by Crippen LogP contribution is 2.19. The molecule has 0 unspecified atom stereocenters. The summed E-state index contributed by atoms with van der Waals surface area (Å²) in [6, 6.07) is 6.33. The van der Waals surface area contributed by atoms with Gasteiger partial charge < -0.3 is 9.88 Å². The molecule has 1 aromatic carbocycles. The summed E-state index contributed by atoms with van der Waals surface area (Å²) >= 11 is 0. The highest BCUT2D eigenvalue weighted by Gasteiger charge is 2.21. The average Bonchev–Trinajstić information content (AvgIpc) is 3.23. The molecular formula is C18H21FN6. The first-order valence-corrected chi connectivity index (χ1v) is 8.58. The van der Waals surface area contributed by atoms with Crippen LogP contribution in [0.25, 0.3) is 5.69 Å². The third kappa shape index (κ3) is 3.46. The fourth-order valence-electron chi connectivity index (χ4n) is 3.30. The van der Waals surface area contributed by atoms with E-state index in [1.807, 2.05) is 19.3 Å². The molecule has 1 aliphatic heterocycles. The van der Waals surface area contributed by atoms with Gasteiger partial charge in [-0.15, -0.1) is 10.2 Å². The summed E-state index contributed by atoms with van der Waals surface area (Å²) < 4.78 is 17.0. The second-order valence-corrected chi connectivity index (χ2v) is 6.58. The highest BCUT2D eigenvalue weighted by molar-refractivity contribution is 5.31. The van der Waals surface area contributed by atoms with Crippen molar-refractivity contribution in [1.29, 1.82) is 0 Å². The molecule has 3 aromatic rings. The maximum Gasteiger partial charge on any atom is 0.133 e. The highest BCUT2D eigenvalue weighted by atomic mass is 19.1. The summed E-state index contributed by atoms with van der Waals surface area (Å²) in [5.41, 5.74) is 1.97. The summed E-state index contributed by atoms with van der Waals surface area (Å²) in [5.74, 6) is 2.46. The fraction of sp³-hybridized carbons (Fsp3) is 0.389. The lowest BCUT2D eigenvalue weighted by atomic mass is 9.99. The van der Waals surface area contributed by atoms with Gasteiger partial charge in [0.05, 0.1) is 11.9 Å². The van der Waals surface area contributed by atoms with Crippen LogP contribution in [0.4, 0.5) is 4.39 Å². The number of aryl methyl sites for hydroxylation is 2. The molecule has 4 rings (SSSR count). The zero-order valence-electron chi connectivity index (χ0n) is 14.2. The van der Waals surface area contributed by atoms with Crippen molar-refractivity contribution < 1.29 is 4.39 Å². The van der Waals surface area contributed by atoms with Crippen LogP contribution in [-0.2, 0) is 19.5 Å². The average molecular weight is 340 g/mol. The quantitative estimate of drug-likeness (QED) is 0.774. The van der Waals surface area contributed by atoms with Crippen molar-refractivity contribution in [1.82, 2.24) is 29.9 Å². The largest absolute Gasteiger partial charge is 0.315 e. The minimum absolute atomic E-state index is 0.239. The zero-order valence-corrected chi connectivity index (χ0v) is 14.2. The SMILES string of the molecule is Cc1nnc2n1C[C@H](CNCc1cnn(-c3ccc(F)cc3)c1)CC2. The standard InChI is InChI=1S/C18H21FN6/c1-13-22-23-18-7-2-14(11-24(13)18)8-20-9-15-10-21-25(12-15)17-5-3-16(19)4-6-17/h3-6,10,12,14,20H,2,7-9,11H2,1H3/t14-/m0/s1. The van der Waals surface area contributed by atoms with Gasteiger partial charge in [0.15, 0.2) is 0 Å². The Balaban J connectivity index is 1.31. The number of nitrogens with zero attached hydrogens (tertiary/aromatic N) is 5. The topological polar surface area (TPSA) is 60.6 Å². The van der Waals surface area contributed by atoms with Crippen molar-refractivity contribution in [2.45, 2.75) is 32.9 Å². The Morgan fingerprint density at radius 2 is 2.08 bits per heavy atom. The van der Waals surface area contributed by atoms with Gasteiger partial charge in [0.1, 0.15) is 17.5 Å².